The van der Waals surface area contributed by atoms with Crippen molar-refractivity contribution in [1.29, 1.82) is 5.26 Å². The summed E-state index contributed by atoms with van der Waals surface area (Å²) in [5.41, 5.74) is 1.60. The Kier molecular flexibility index (Phi) is 7.04. The topological polar surface area (TPSA) is 106 Å². The predicted molar refractivity (Wildman–Crippen MR) is 128 cm³/mol. The Balaban J connectivity index is 1.62. The molecule has 0 aliphatic carbocycles. The molecule has 3 N–H and O–H groups in total. The van der Waals surface area contributed by atoms with Crippen LogP contribution in [0.15, 0.2) is 24.4 Å². The third-order valence-electron chi connectivity index (χ3n) is 6.42. The monoisotopic (exact) mass is 450 g/mol. The smallest absolute Gasteiger partial charge is 0.153 e. The number of fused-ring (bicyclic) bond motifs is 1. The highest BCUT2D eigenvalue weighted by atomic mass is 19.1. The molecule has 33 heavy (non-hydrogen) atoms. The van der Waals surface area contributed by atoms with Gasteiger partial charge in [-0.3, -0.25) is 15.0 Å². The summed E-state index contributed by atoms with van der Waals surface area (Å²) in [5.74, 6) is 1.49. The maximum Gasteiger partial charge on any atom is 0.153 e. The Bertz CT molecular complexity index is 1120. The van der Waals surface area contributed by atoms with Gasteiger partial charge in [0.05, 0.1) is 17.8 Å². The molecule has 0 spiro atoms. The maximum atomic E-state index is 14.1. The highest BCUT2D eigenvalue weighted by Crippen LogP contribution is 2.32. The lowest BCUT2D eigenvalue weighted by Crippen LogP contribution is -2.52. The zero-order valence-electron chi connectivity index (χ0n) is 19.4. The number of piperidine rings is 1. The number of nitrogens with zero attached hydrogens (tertiary/aromatic N) is 5. The molecular formula is C24H31FN8. The number of hydrogen-bond acceptors (Lipinski definition) is 7. The molecule has 0 amide bonds. The second-order valence-corrected chi connectivity index (χ2v) is 8.72. The number of halogens is 1. The summed E-state index contributed by atoms with van der Waals surface area (Å²) in [6.45, 7) is 7.13. The van der Waals surface area contributed by atoms with Crippen molar-refractivity contribution in [3.8, 4) is 6.07 Å². The summed E-state index contributed by atoms with van der Waals surface area (Å²) in [7, 11) is 0. The van der Waals surface area contributed by atoms with E-state index in [-0.39, 0.29) is 11.9 Å². The number of aromatic nitrogens is 4. The van der Waals surface area contributed by atoms with Crippen molar-refractivity contribution in [2.24, 2.45) is 0 Å². The van der Waals surface area contributed by atoms with Crippen molar-refractivity contribution >= 4 is 28.4 Å². The number of hydrogen-bond donors (Lipinski definition) is 3. The highest BCUT2D eigenvalue weighted by molar-refractivity contribution is 5.91. The molecular weight excluding hydrogens is 419 g/mol. The number of aromatic amines is 1. The van der Waals surface area contributed by atoms with E-state index in [4.69, 9.17) is 10.2 Å². The average Bonchev–Trinajstić information content (AvgIpc) is 3.22. The van der Waals surface area contributed by atoms with Crippen LogP contribution in [0.2, 0.25) is 0 Å². The van der Waals surface area contributed by atoms with Crippen LogP contribution in [0.3, 0.4) is 0 Å². The van der Waals surface area contributed by atoms with Gasteiger partial charge in [-0.05, 0) is 38.7 Å². The minimum absolute atomic E-state index is 0.195. The van der Waals surface area contributed by atoms with Crippen molar-refractivity contribution in [2.45, 2.75) is 71.0 Å². The van der Waals surface area contributed by atoms with Crippen LogP contribution in [0.1, 0.15) is 51.6 Å². The number of likely N-dealkylation sites (tertiary alicyclic amines) is 1. The third kappa shape index (κ3) is 5.22. The predicted octanol–water partition coefficient (Wildman–Crippen LogP) is 4.89. The lowest BCUT2D eigenvalue weighted by atomic mass is 9.88. The molecule has 0 aromatic carbocycles. The van der Waals surface area contributed by atoms with Crippen molar-refractivity contribution in [2.75, 3.05) is 17.2 Å². The highest BCUT2D eigenvalue weighted by Gasteiger charge is 2.34. The SMILES string of the molecule is CCC1CC(Nc2nc(Nc3cc(C)[nH]n3)cc3ncc(F)cc23)CC(CC)N1CCC#N. The number of nitrogens with one attached hydrogen (secondary N) is 3. The summed E-state index contributed by atoms with van der Waals surface area (Å²) in [4.78, 5) is 11.6. The average molecular weight is 451 g/mol. The molecule has 0 saturated carbocycles. The lowest BCUT2D eigenvalue weighted by Gasteiger charge is -2.45. The minimum atomic E-state index is -0.389. The molecule has 0 radical (unpaired) electrons. The van der Waals surface area contributed by atoms with E-state index in [2.05, 4.69) is 50.6 Å². The number of nitriles is 1. The van der Waals surface area contributed by atoms with E-state index in [1.165, 1.54) is 12.3 Å². The van der Waals surface area contributed by atoms with E-state index >= 15 is 0 Å². The molecule has 174 valence electrons. The minimum Gasteiger partial charge on any atom is -0.367 e. The van der Waals surface area contributed by atoms with Gasteiger partial charge in [0.1, 0.15) is 17.5 Å². The molecule has 4 rings (SSSR count). The molecule has 3 aromatic heterocycles. The summed E-state index contributed by atoms with van der Waals surface area (Å²) < 4.78 is 14.1. The Morgan fingerprint density at radius 2 is 1.94 bits per heavy atom. The fraction of sp³-hybridized carbons (Fsp3) is 0.500. The maximum absolute atomic E-state index is 14.1. The van der Waals surface area contributed by atoms with Crippen LogP contribution in [-0.2, 0) is 0 Å². The van der Waals surface area contributed by atoms with E-state index in [1.807, 2.05) is 13.0 Å². The van der Waals surface area contributed by atoms with Crippen LogP contribution in [0, 0.1) is 24.1 Å². The standard InChI is InChI=1S/C24H31FN8/c1-4-18-11-17(12-19(5-2)33(18)8-6-7-26)28-24-20-10-16(25)14-27-21(20)13-22(30-24)29-23-9-15(3)31-32-23/h9-10,13-14,17-19H,4-6,8,11-12H2,1-3H3,(H3,28,29,30,31,32). The number of aryl methyl sites for hydroxylation is 1. The summed E-state index contributed by atoms with van der Waals surface area (Å²) in [6, 6.07) is 8.45. The summed E-state index contributed by atoms with van der Waals surface area (Å²) >= 11 is 0. The molecule has 2 atom stereocenters. The largest absolute Gasteiger partial charge is 0.367 e. The first-order chi connectivity index (χ1) is 16.0. The number of H-pyrrole nitrogens is 1. The van der Waals surface area contributed by atoms with Gasteiger partial charge in [0.25, 0.3) is 0 Å². The van der Waals surface area contributed by atoms with Gasteiger partial charge in [-0.2, -0.15) is 10.4 Å². The van der Waals surface area contributed by atoms with E-state index < -0.39 is 0 Å². The van der Waals surface area contributed by atoms with Gasteiger partial charge in [0, 0.05) is 54.3 Å². The van der Waals surface area contributed by atoms with Gasteiger partial charge in [-0.1, -0.05) is 13.8 Å². The van der Waals surface area contributed by atoms with E-state index in [0.29, 0.717) is 46.9 Å². The number of pyridine rings is 2. The van der Waals surface area contributed by atoms with Crippen molar-refractivity contribution in [3.63, 3.8) is 0 Å². The van der Waals surface area contributed by atoms with E-state index in [0.717, 1.165) is 37.9 Å². The van der Waals surface area contributed by atoms with Crippen LogP contribution in [0.5, 0.6) is 0 Å². The summed E-state index contributed by atoms with van der Waals surface area (Å²) in [5, 5.41) is 23.7. The molecule has 9 heteroatoms. The van der Waals surface area contributed by atoms with Crippen molar-refractivity contribution in [1.82, 2.24) is 25.1 Å². The van der Waals surface area contributed by atoms with E-state index in [9.17, 15) is 4.39 Å². The number of anilines is 3. The molecule has 1 aliphatic heterocycles. The molecule has 2 unspecified atom stereocenters. The molecule has 1 aliphatic rings. The molecule has 8 nitrogen and oxygen atoms in total. The van der Waals surface area contributed by atoms with Crippen molar-refractivity contribution in [3.05, 3.63) is 35.9 Å². The zero-order chi connectivity index (χ0) is 23.4. The Hall–Kier alpha value is -3.25. The first-order valence-corrected chi connectivity index (χ1v) is 11.6. The second kappa shape index (κ2) is 10.1. The fourth-order valence-corrected chi connectivity index (χ4v) is 4.86. The second-order valence-electron chi connectivity index (χ2n) is 8.72. The molecule has 1 saturated heterocycles. The van der Waals surface area contributed by atoms with Crippen molar-refractivity contribution < 1.29 is 4.39 Å². The molecule has 0 bridgehead atoms. The van der Waals surface area contributed by atoms with Gasteiger partial charge in [-0.25, -0.2) is 9.37 Å². The van der Waals surface area contributed by atoms with Gasteiger partial charge < -0.3 is 10.6 Å². The summed E-state index contributed by atoms with van der Waals surface area (Å²) in [6.07, 6.45) is 5.70. The normalized spacial score (nSPS) is 21.1. The van der Waals surface area contributed by atoms with E-state index in [1.54, 1.807) is 6.07 Å². The van der Waals surface area contributed by atoms with Crippen LogP contribution in [0.4, 0.5) is 21.8 Å². The third-order valence-corrected chi connectivity index (χ3v) is 6.42. The van der Waals surface area contributed by atoms with Crippen LogP contribution in [0.25, 0.3) is 10.9 Å². The quantitative estimate of drug-likeness (QED) is 0.449. The number of rotatable bonds is 8. The Morgan fingerprint density at radius 3 is 2.58 bits per heavy atom. The first-order valence-electron chi connectivity index (χ1n) is 11.6. The van der Waals surface area contributed by atoms with Gasteiger partial charge in [-0.15, -0.1) is 0 Å². The van der Waals surface area contributed by atoms with Crippen LogP contribution in [-0.4, -0.2) is 49.7 Å². The molecule has 1 fully saturated rings. The Morgan fingerprint density at radius 1 is 1.18 bits per heavy atom. The van der Waals surface area contributed by atoms with Gasteiger partial charge >= 0.3 is 0 Å². The zero-order valence-corrected chi connectivity index (χ0v) is 19.4. The van der Waals surface area contributed by atoms with Crippen LogP contribution >= 0.6 is 0 Å². The first kappa shape index (κ1) is 22.9. The molecule has 3 aromatic rings. The Labute approximate surface area is 193 Å². The van der Waals surface area contributed by atoms with Gasteiger partial charge in [0.15, 0.2) is 5.82 Å². The fourth-order valence-electron chi connectivity index (χ4n) is 4.86. The van der Waals surface area contributed by atoms with Gasteiger partial charge in [0.2, 0.25) is 0 Å². The van der Waals surface area contributed by atoms with Crippen LogP contribution < -0.4 is 10.6 Å². The molecule has 4 heterocycles. The lowest BCUT2D eigenvalue weighted by molar-refractivity contribution is 0.0735.